The lowest BCUT2D eigenvalue weighted by Gasteiger charge is -2.28. The van der Waals surface area contributed by atoms with Crippen LogP contribution in [0.1, 0.15) is 0 Å². The summed E-state index contributed by atoms with van der Waals surface area (Å²) >= 11 is 0. The van der Waals surface area contributed by atoms with Gasteiger partial charge in [-0.05, 0) is 0 Å². The smallest absolute Gasteiger partial charge is 0.390 e. The predicted molar refractivity (Wildman–Crippen MR) is 58.2 cm³/mol. The van der Waals surface area contributed by atoms with Crippen LogP contribution in [0.3, 0.4) is 0 Å². The van der Waals surface area contributed by atoms with Gasteiger partial charge in [0.05, 0.1) is 19.3 Å². The van der Waals surface area contributed by atoms with Gasteiger partial charge in [0.1, 0.15) is 0 Å². The Morgan fingerprint density at radius 3 is 2.33 bits per heavy atom. The molecule has 0 amide bonds. The number of nitrogens with zero attached hydrogens (tertiary/aromatic N) is 1. The van der Waals surface area contributed by atoms with E-state index in [-0.39, 0.29) is 6.54 Å². The number of morpholine rings is 1. The Morgan fingerprint density at radius 2 is 1.78 bits per heavy atom. The van der Waals surface area contributed by atoms with Crippen LogP contribution in [0.25, 0.3) is 0 Å². The number of alkyl halides is 3. The van der Waals surface area contributed by atoms with E-state index in [4.69, 9.17) is 9.84 Å². The minimum absolute atomic E-state index is 0.0184. The molecule has 1 saturated heterocycles. The van der Waals surface area contributed by atoms with Crippen molar-refractivity contribution in [2.24, 2.45) is 0 Å². The van der Waals surface area contributed by atoms with Crippen molar-refractivity contribution in [3.05, 3.63) is 0 Å². The van der Waals surface area contributed by atoms with Gasteiger partial charge in [0.15, 0.2) is 6.10 Å². The van der Waals surface area contributed by atoms with Crippen LogP contribution in [0.4, 0.5) is 13.2 Å². The van der Waals surface area contributed by atoms with Crippen molar-refractivity contribution in [3.63, 3.8) is 0 Å². The lowest BCUT2D eigenvalue weighted by Crippen LogP contribution is -2.46. The normalized spacial score (nSPS) is 21.8. The van der Waals surface area contributed by atoms with Crippen LogP contribution < -0.4 is 5.32 Å². The number of aliphatic hydroxyl groups is 2. The van der Waals surface area contributed by atoms with Crippen LogP contribution in [0.15, 0.2) is 0 Å². The van der Waals surface area contributed by atoms with Gasteiger partial charge in [0.2, 0.25) is 0 Å². The molecule has 0 aromatic rings. The molecule has 108 valence electrons. The van der Waals surface area contributed by atoms with Gasteiger partial charge >= 0.3 is 6.18 Å². The van der Waals surface area contributed by atoms with E-state index in [9.17, 15) is 18.3 Å². The summed E-state index contributed by atoms with van der Waals surface area (Å²) in [5, 5.41) is 20.7. The van der Waals surface area contributed by atoms with E-state index in [2.05, 4.69) is 5.32 Å². The van der Waals surface area contributed by atoms with Crippen LogP contribution >= 0.6 is 0 Å². The predicted octanol–water partition coefficient (Wildman–Crippen LogP) is -0.808. The molecule has 8 heteroatoms. The van der Waals surface area contributed by atoms with Gasteiger partial charge in [0.25, 0.3) is 0 Å². The fourth-order valence-electron chi connectivity index (χ4n) is 1.65. The molecule has 2 atom stereocenters. The van der Waals surface area contributed by atoms with Gasteiger partial charge in [-0.25, -0.2) is 0 Å². The standard InChI is InChI=1S/C10H19F3N2O3/c11-10(12,13)9(17)6-14-5-8(16)7-15-1-3-18-4-2-15/h8-9,14,16-17H,1-7H2. The summed E-state index contributed by atoms with van der Waals surface area (Å²) in [6.45, 7) is 2.43. The molecule has 1 heterocycles. The van der Waals surface area contributed by atoms with E-state index in [1.165, 1.54) is 0 Å². The molecule has 0 aliphatic carbocycles. The van der Waals surface area contributed by atoms with Crippen molar-refractivity contribution in [1.29, 1.82) is 0 Å². The zero-order valence-corrected chi connectivity index (χ0v) is 9.99. The van der Waals surface area contributed by atoms with Crippen molar-refractivity contribution >= 4 is 0 Å². The Hall–Kier alpha value is -0.410. The van der Waals surface area contributed by atoms with E-state index in [1.54, 1.807) is 0 Å². The summed E-state index contributed by atoms with van der Waals surface area (Å²) < 4.78 is 41.0. The summed E-state index contributed by atoms with van der Waals surface area (Å²) in [4.78, 5) is 1.98. The molecule has 0 saturated carbocycles. The van der Waals surface area contributed by atoms with Crippen molar-refractivity contribution in [1.82, 2.24) is 10.2 Å². The fourth-order valence-corrected chi connectivity index (χ4v) is 1.65. The average molecular weight is 272 g/mol. The maximum atomic E-state index is 12.0. The fraction of sp³-hybridized carbons (Fsp3) is 1.00. The molecule has 1 aliphatic heterocycles. The van der Waals surface area contributed by atoms with Crippen LogP contribution in [0.2, 0.25) is 0 Å². The van der Waals surface area contributed by atoms with Gasteiger partial charge in [0, 0.05) is 32.7 Å². The molecule has 5 nitrogen and oxygen atoms in total. The Labute approximate surface area is 104 Å². The minimum atomic E-state index is -4.62. The van der Waals surface area contributed by atoms with Gasteiger partial charge < -0.3 is 20.3 Å². The van der Waals surface area contributed by atoms with Crippen molar-refractivity contribution in [2.45, 2.75) is 18.4 Å². The highest BCUT2D eigenvalue weighted by molar-refractivity contribution is 4.72. The first-order chi connectivity index (χ1) is 8.39. The van der Waals surface area contributed by atoms with E-state index in [0.717, 1.165) is 0 Å². The monoisotopic (exact) mass is 272 g/mol. The molecule has 0 aromatic heterocycles. The van der Waals surface area contributed by atoms with Crippen molar-refractivity contribution in [2.75, 3.05) is 45.9 Å². The van der Waals surface area contributed by atoms with E-state index in [0.29, 0.717) is 32.8 Å². The summed E-state index contributed by atoms with van der Waals surface area (Å²) in [5.41, 5.74) is 0. The maximum absolute atomic E-state index is 12.0. The van der Waals surface area contributed by atoms with E-state index < -0.39 is 24.9 Å². The van der Waals surface area contributed by atoms with Gasteiger partial charge in [-0.1, -0.05) is 0 Å². The summed E-state index contributed by atoms with van der Waals surface area (Å²) in [6, 6.07) is 0. The second-order valence-corrected chi connectivity index (χ2v) is 4.28. The number of hydrogen-bond acceptors (Lipinski definition) is 5. The first-order valence-corrected chi connectivity index (χ1v) is 5.83. The third kappa shape index (κ3) is 5.96. The number of ether oxygens (including phenoxy) is 1. The van der Waals surface area contributed by atoms with E-state index >= 15 is 0 Å². The highest BCUT2D eigenvalue weighted by Gasteiger charge is 2.37. The summed E-state index contributed by atoms with van der Waals surface area (Å²) in [6.07, 6.45) is -7.78. The zero-order chi connectivity index (χ0) is 13.6. The number of aliphatic hydroxyl groups excluding tert-OH is 2. The van der Waals surface area contributed by atoms with E-state index in [1.807, 2.05) is 4.90 Å². The zero-order valence-electron chi connectivity index (χ0n) is 9.99. The molecule has 18 heavy (non-hydrogen) atoms. The third-order valence-corrected chi connectivity index (χ3v) is 2.67. The number of halogens is 3. The Balaban J connectivity index is 2.11. The largest absolute Gasteiger partial charge is 0.415 e. The molecule has 0 radical (unpaired) electrons. The van der Waals surface area contributed by atoms with Crippen LogP contribution in [-0.4, -0.2) is 79.4 Å². The molecule has 0 spiro atoms. The number of hydrogen-bond donors (Lipinski definition) is 3. The van der Waals surface area contributed by atoms with Gasteiger partial charge in [-0.15, -0.1) is 0 Å². The van der Waals surface area contributed by atoms with Gasteiger partial charge in [-0.2, -0.15) is 13.2 Å². The molecular weight excluding hydrogens is 253 g/mol. The van der Waals surface area contributed by atoms with Gasteiger partial charge in [-0.3, -0.25) is 4.90 Å². The number of nitrogens with one attached hydrogen (secondary N) is 1. The minimum Gasteiger partial charge on any atom is -0.390 e. The lowest BCUT2D eigenvalue weighted by atomic mass is 10.3. The molecule has 0 aromatic carbocycles. The van der Waals surface area contributed by atoms with Crippen LogP contribution in [0.5, 0.6) is 0 Å². The lowest BCUT2D eigenvalue weighted by molar-refractivity contribution is -0.202. The highest BCUT2D eigenvalue weighted by atomic mass is 19.4. The molecule has 3 N–H and O–H groups in total. The Bertz CT molecular complexity index is 235. The molecule has 1 rings (SSSR count). The molecular formula is C10H19F3N2O3. The Morgan fingerprint density at radius 1 is 1.17 bits per heavy atom. The average Bonchev–Trinajstić information content (AvgIpc) is 2.28. The second-order valence-electron chi connectivity index (χ2n) is 4.28. The third-order valence-electron chi connectivity index (χ3n) is 2.67. The number of β-amino-alcohol motifs (C(OH)–C–C–N with tert-alkyl or cyclic N) is 1. The molecule has 1 fully saturated rings. The molecule has 2 unspecified atom stereocenters. The molecule has 1 aliphatic rings. The topological polar surface area (TPSA) is 65.0 Å². The van der Waals surface area contributed by atoms with Crippen molar-refractivity contribution < 1.29 is 28.1 Å². The summed E-state index contributed by atoms with van der Waals surface area (Å²) in [5.74, 6) is 0. The first-order valence-electron chi connectivity index (χ1n) is 5.83. The first kappa shape index (κ1) is 15.6. The number of rotatable bonds is 6. The quantitative estimate of drug-likeness (QED) is 0.590. The summed E-state index contributed by atoms with van der Waals surface area (Å²) in [7, 11) is 0. The van der Waals surface area contributed by atoms with Crippen molar-refractivity contribution in [3.8, 4) is 0 Å². The van der Waals surface area contributed by atoms with Crippen LogP contribution in [0, 0.1) is 0 Å². The molecule has 0 bridgehead atoms. The SMILES string of the molecule is OC(CNCC(O)C(F)(F)F)CN1CCOCC1. The van der Waals surface area contributed by atoms with Crippen LogP contribution in [-0.2, 0) is 4.74 Å². The second kappa shape index (κ2) is 7.25. The maximum Gasteiger partial charge on any atom is 0.415 e. The Kier molecular flexibility index (Phi) is 6.30. The highest BCUT2D eigenvalue weighted by Crippen LogP contribution is 2.19.